The summed E-state index contributed by atoms with van der Waals surface area (Å²) in [5.41, 5.74) is -20.2. The minimum atomic E-state index is -7.33. The van der Waals surface area contributed by atoms with Gasteiger partial charge >= 0.3 is 35.3 Å². The van der Waals surface area contributed by atoms with E-state index in [4.69, 9.17) is 0 Å². The summed E-state index contributed by atoms with van der Waals surface area (Å²) in [5.74, 6) is -32.9. The van der Waals surface area contributed by atoms with Crippen molar-refractivity contribution in [3.8, 4) is 0 Å². The van der Waals surface area contributed by atoms with Gasteiger partial charge in [0.25, 0.3) is 0 Å². The minimum absolute atomic E-state index is 0.632. The van der Waals surface area contributed by atoms with Gasteiger partial charge in [-0.05, 0) is 0 Å². The molecule has 1 rings (SSSR count). The van der Waals surface area contributed by atoms with Gasteiger partial charge < -0.3 is 14.2 Å². The van der Waals surface area contributed by atoms with E-state index in [1.165, 1.54) is 0 Å². The molecular weight excluding hydrogens is 547 g/mol. The van der Waals surface area contributed by atoms with E-state index < -0.39 is 92.7 Å². The van der Waals surface area contributed by atoms with Gasteiger partial charge in [0.05, 0.1) is 19.8 Å². The fourth-order valence-electron chi connectivity index (χ4n) is 3.62. The lowest BCUT2D eigenvalue weighted by Gasteiger charge is -2.58. The molecule has 0 aromatic heterocycles. The Hall–Kier alpha value is -1.81. The molecule has 0 bridgehead atoms. The average Bonchev–Trinajstić information content (AvgIpc) is 2.77. The van der Waals surface area contributed by atoms with Crippen LogP contribution in [0.2, 0.25) is 0 Å². The summed E-state index contributed by atoms with van der Waals surface area (Å²) in [6, 6.07) is 0. The Balaban J connectivity index is 3.99. The van der Waals surface area contributed by atoms with Crippen LogP contribution >= 0.6 is 0 Å². The van der Waals surface area contributed by atoms with E-state index in [1.807, 2.05) is 0 Å². The molecule has 0 spiro atoms. The van der Waals surface area contributed by atoms with Gasteiger partial charge in [0.1, 0.15) is 19.8 Å². The van der Waals surface area contributed by atoms with Crippen molar-refractivity contribution >= 4 is 0 Å². The second-order valence-corrected chi connectivity index (χ2v) is 8.11. The van der Waals surface area contributed by atoms with Crippen molar-refractivity contribution < 1.29 is 71.3 Å². The van der Waals surface area contributed by atoms with Crippen molar-refractivity contribution in [1.82, 2.24) is 0 Å². The molecule has 3 nitrogen and oxygen atoms in total. The number of rotatable bonds is 15. The smallest absolute Gasteiger partial charge is 0.333 e. The van der Waals surface area contributed by atoms with Crippen LogP contribution in [0.15, 0.2) is 38.0 Å². The summed E-state index contributed by atoms with van der Waals surface area (Å²) >= 11 is 0. The Labute approximate surface area is 202 Å². The van der Waals surface area contributed by atoms with E-state index >= 15 is 30.7 Å². The maximum absolute atomic E-state index is 15.5. The Morgan fingerprint density at radius 1 is 0.541 bits per heavy atom. The standard InChI is InChI=1S/C21H23F13O3/c1-4-7-35-11-16(24,25)14(22)10-15(23,17(26,27)12-36-8-5-2)21(33,34)19(30,20(14,31)32)18(28,29)13-37-9-6-3/h4-6H,1-3,7-13H2. The lowest BCUT2D eigenvalue weighted by molar-refractivity contribution is -0.452. The molecule has 1 aliphatic rings. The van der Waals surface area contributed by atoms with Crippen molar-refractivity contribution in [1.29, 1.82) is 0 Å². The maximum atomic E-state index is 15.5. The molecule has 0 heterocycles. The minimum Gasteiger partial charge on any atom is -0.371 e. The molecule has 0 saturated heterocycles. The number of hydrogen-bond acceptors (Lipinski definition) is 3. The van der Waals surface area contributed by atoms with Crippen LogP contribution in [0.5, 0.6) is 0 Å². The molecule has 1 saturated carbocycles. The Morgan fingerprint density at radius 2 is 0.811 bits per heavy atom. The highest BCUT2D eigenvalue weighted by atomic mass is 19.3. The van der Waals surface area contributed by atoms with Crippen LogP contribution in [0, 0.1) is 0 Å². The molecule has 2 atom stereocenters. The second-order valence-electron chi connectivity index (χ2n) is 8.11. The van der Waals surface area contributed by atoms with Crippen molar-refractivity contribution in [2.45, 2.75) is 53.0 Å². The zero-order chi connectivity index (χ0) is 29.2. The molecule has 1 aliphatic carbocycles. The topological polar surface area (TPSA) is 27.7 Å². The van der Waals surface area contributed by atoms with Crippen LogP contribution in [0.4, 0.5) is 57.1 Å². The van der Waals surface area contributed by atoms with Crippen LogP contribution in [0.25, 0.3) is 0 Å². The summed E-state index contributed by atoms with van der Waals surface area (Å²) in [4.78, 5) is 0. The van der Waals surface area contributed by atoms with Gasteiger partial charge in [0.2, 0.25) is 11.3 Å². The molecule has 0 radical (unpaired) electrons. The first kappa shape index (κ1) is 33.2. The lowest BCUT2D eigenvalue weighted by atomic mass is 9.59. The highest BCUT2D eigenvalue weighted by Crippen LogP contribution is 2.71. The first-order chi connectivity index (χ1) is 16.6. The van der Waals surface area contributed by atoms with E-state index in [0.29, 0.717) is 18.2 Å². The van der Waals surface area contributed by atoms with Gasteiger partial charge in [-0.2, -0.15) is 26.3 Å². The van der Waals surface area contributed by atoms with Crippen LogP contribution in [-0.2, 0) is 14.2 Å². The SMILES string of the molecule is C=CCOCC(F)(F)C1(F)CC(F)(C(F)(F)COCC=C)C(F)(F)C(F)(C(F)(F)COCC=C)C1(F)F. The third-order valence-corrected chi connectivity index (χ3v) is 5.57. The molecule has 1 fully saturated rings. The fraction of sp³-hybridized carbons (Fsp3) is 0.714. The van der Waals surface area contributed by atoms with Gasteiger partial charge in [-0.15, -0.1) is 19.7 Å². The van der Waals surface area contributed by atoms with Crippen molar-refractivity contribution in [3.05, 3.63) is 38.0 Å². The molecule has 37 heavy (non-hydrogen) atoms. The van der Waals surface area contributed by atoms with Crippen LogP contribution in [0.3, 0.4) is 0 Å². The molecule has 2 unspecified atom stereocenters. The number of hydrogen-bond donors (Lipinski definition) is 0. The van der Waals surface area contributed by atoms with Gasteiger partial charge in [-0.25, -0.2) is 30.7 Å². The van der Waals surface area contributed by atoms with E-state index in [1.54, 1.807) is 0 Å². The fourth-order valence-corrected chi connectivity index (χ4v) is 3.62. The van der Waals surface area contributed by atoms with Gasteiger partial charge in [0.15, 0.2) is 0 Å². The first-order valence-corrected chi connectivity index (χ1v) is 10.2. The van der Waals surface area contributed by atoms with Crippen LogP contribution in [0.1, 0.15) is 6.42 Å². The summed E-state index contributed by atoms with van der Waals surface area (Å²) < 4.78 is 207. The molecule has 0 N–H and O–H groups in total. The molecular formula is C21H23F13O3. The Bertz CT molecular complexity index is 783. The van der Waals surface area contributed by atoms with E-state index in [-0.39, 0.29) is 0 Å². The quantitative estimate of drug-likeness (QED) is 0.132. The van der Waals surface area contributed by atoms with E-state index in [0.717, 1.165) is 0 Å². The second kappa shape index (κ2) is 10.8. The zero-order valence-electron chi connectivity index (χ0n) is 18.9. The summed E-state index contributed by atoms with van der Waals surface area (Å²) in [6.45, 7) is -2.05. The van der Waals surface area contributed by atoms with Gasteiger partial charge in [0, 0.05) is 6.42 Å². The molecule has 0 aromatic carbocycles. The monoisotopic (exact) mass is 570 g/mol. The molecule has 0 aromatic rings. The first-order valence-electron chi connectivity index (χ1n) is 10.2. The summed E-state index contributed by atoms with van der Waals surface area (Å²) in [5, 5.41) is 0. The average molecular weight is 570 g/mol. The van der Waals surface area contributed by atoms with Crippen molar-refractivity contribution in [2.24, 2.45) is 0 Å². The third kappa shape index (κ3) is 4.88. The summed E-state index contributed by atoms with van der Waals surface area (Å²) in [7, 11) is 0. The summed E-state index contributed by atoms with van der Waals surface area (Å²) in [6.07, 6.45) is -1.82. The highest BCUT2D eigenvalue weighted by molar-refractivity contribution is 5.33. The van der Waals surface area contributed by atoms with Crippen LogP contribution < -0.4 is 0 Å². The van der Waals surface area contributed by atoms with Gasteiger partial charge in [-0.1, -0.05) is 18.2 Å². The maximum Gasteiger partial charge on any atom is 0.333 e. The van der Waals surface area contributed by atoms with Gasteiger partial charge in [-0.3, -0.25) is 0 Å². The number of ether oxygens (including phenoxy) is 3. The Morgan fingerprint density at radius 3 is 1.08 bits per heavy atom. The van der Waals surface area contributed by atoms with Crippen molar-refractivity contribution in [2.75, 3.05) is 39.6 Å². The lowest BCUT2D eigenvalue weighted by Crippen LogP contribution is -2.87. The van der Waals surface area contributed by atoms with Crippen molar-refractivity contribution in [3.63, 3.8) is 0 Å². The zero-order valence-corrected chi connectivity index (χ0v) is 18.9. The van der Waals surface area contributed by atoms with E-state index in [9.17, 15) is 26.3 Å². The number of alkyl halides is 13. The Kier molecular flexibility index (Phi) is 9.65. The molecule has 216 valence electrons. The van der Waals surface area contributed by atoms with Crippen LogP contribution in [-0.4, -0.2) is 86.3 Å². The van der Waals surface area contributed by atoms with E-state index in [2.05, 4.69) is 33.9 Å². The predicted octanol–water partition coefficient (Wildman–Crippen LogP) is 6.30. The molecule has 0 amide bonds. The normalized spacial score (nSPS) is 30.1. The predicted molar refractivity (Wildman–Crippen MR) is 104 cm³/mol. The molecule has 0 aliphatic heterocycles. The number of halogens is 13. The largest absolute Gasteiger partial charge is 0.371 e. The molecule has 16 heteroatoms. The highest BCUT2D eigenvalue weighted by Gasteiger charge is 3.00. The third-order valence-electron chi connectivity index (χ3n) is 5.57.